The van der Waals surface area contributed by atoms with Crippen LogP contribution in [0.15, 0.2) is 104 Å². The van der Waals surface area contributed by atoms with Crippen LogP contribution in [0.1, 0.15) is 43.0 Å². The summed E-state index contributed by atoms with van der Waals surface area (Å²) in [5, 5.41) is 11.6. The van der Waals surface area contributed by atoms with Gasteiger partial charge in [0, 0.05) is 29.2 Å². The molecular formula is C40H32N6O. The van der Waals surface area contributed by atoms with Gasteiger partial charge in [0.25, 0.3) is 0 Å². The van der Waals surface area contributed by atoms with Gasteiger partial charge in [-0.15, -0.1) is 0 Å². The van der Waals surface area contributed by atoms with E-state index in [0.29, 0.717) is 22.7 Å². The van der Waals surface area contributed by atoms with Crippen LogP contribution in [0, 0.1) is 31.8 Å². The molecule has 0 amide bonds. The van der Waals surface area contributed by atoms with Crippen molar-refractivity contribution in [3.63, 3.8) is 0 Å². The number of aryl methyl sites for hydroxylation is 2. The maximum atomic E-state index is 9.64. The van der Waals surface area contributed by atoms with Gasteiger partial charge in [-0.2, -0.15) is 5.26 Å². The van der Waals surface area contributed by atoms with Crippen molar-refractivity contribution in [3.8, 4) is 40.3 Å². The third kappa shape index (κ3) is 5.39. The fourth-order valence-corrected chi connectivity index (χ4v) is 6.19. The van der Waals surface area contributed by atoms with Crippen LogP contribution in [-0.2, 0) is 5.41 Å². The van der Waals surface area contributed by atoms with Gasteiger partial charge in [-0.1, -0.05) is 39.0 Å². The lowest BCUT2D eigenvalue weighted by atomic mass is 9.88. The molecule has 0 aliphatic rings. The van der Waals surface area contributed by atoms with Crippen molar-refractivity contribution in [1.82, 2.24) is 19.1 Å². The third-order valence-corrected chi connectivity index (χ3v) is 8.54. The summed E-state index contributed by atoms with van der Waals surface area (Å²) in [5.41, 5.74) is 8.97. The van der Waals surface area contributed by atoms with Gasteiger partial charge in [-0.05, 0) is 102 Å². The fraction of sp³-hybridized carbons (Fsp3) is 0.150. The Morgan fingerprint density at radius 3 is 2.38 bits per heavy atom. The van der Waals surface area contributed by atoms with E-state index in [0.717, 1.165) is 55.7 Å². The van der Waals surface area contributed by atoms with Crippen molar-refractivity contribution in [3.05, 3.63) is 137 Å². The number of hydrogen-bond donors (Lipinski definition) is 0. The summed E-state index contributed by atoms with van der Waals surface area (Å²) in [7, 11) is 0. The Kier molecular flexibility index (Phi) is 7.11. The lowest BCUT2D eigenvalue weighted by Crippen LogP contribution is -2.12. The second kappa shape index (κ2) is 11.3. The van der Waals surface area contributed by atoms with Crippen LogP contribution >= 0.6 is 0 Å². The zero-order valence-electron chi connectivity index (χ0n) is 26.9. The normalized spacial score (nSPS) is 11.5. The van der Waals surface area contributed by atoms with Crippen LogP contribution in [0.4, 0.5) is 5.69 Å². The van der Waals surface area contributed by atoms with Gasteiger partial charge in [-0.3, -0.25) is 4.57 Å². The molecule has 3 aromatic heterocycles. The largest absolute Gasteiger partial charge is 0.459 e. The Balaban J connectivity index is 1.32. The highest BCUT2D eigenvalue weighted by Gasteiger charge is 2.19. The number of aromatic nitrogens is 4. The van der Waals surface area contributed by atoms with Crippen molar-refractivity contribution >= 4 is 27.5 Å². The first-order valence-electron chi connectivity index (χ1n) is 15.4. The maximum Gasteiger partial charge on any atom is 0.191 e. The zero-order valence-corrected chi connectivity index (χ0v) is 26.9. The van der Waals surface area contributed by atoms with Gasteiger partial charge in [0.05, 0.1) is 46.9 Å². The highest BCUT2D eigenvalue weighted by molar-refractivity contribution is 6.10. The summed E-state index contributed by atoms with van der Waals surface area (Å²) < 4.78 is 10.6. The summed E-state index contributed by atoms with van der Waals surface area (Å²) in [6, 6.07) is 29.8. The Hall–Kier alpha value is -6.18. The fourth-order valence-electron chi connectivity index (χ4n) is 6.19. The molecule has 0 atom stereocenters. The van der Waals surface area contributed by atoms with Crippen molar-refractivity contribution in [2.75, 3.05) is 0 Å². The van der Waals surface area contributed by atoms with Crippen molar-refractivity contribution in [2.45, 2.75) is 40.0 Å². The summed E-state index contributed by atoms with van der Waals surface area (Å²) >= 11 is 0. The topological polar surface area (TPSA) is 73.0 Å². The van der Waals surface area contributed by atoms with Gasteiger partial charge in [0.1, 0.15) is 17.3 Å². The molecule has 0 spiro atoms. The number of rotatable bonds is 5. The second-order valence-electron chi connectivity index (χ2n) is 12.8. The molecule has 7 rings (SSSR count). The van der Waals surface area contributed by atoms with E-state index >= 15 is 0 Å². The first-order chi connectivity index (χ1) is 22.6. The van der Waals surface area contributed by atoms with Crippen LogP contribution in [0.3, 0.4) is 0 Å². The van der Waals surface area contributed by atoms with Crippen LogP contribution in [0.2, 0.25) is 0 Å². The molecule has 7 heteroatoms. The van der Waals surface area contributed by atoms with E-state index in [9.17, 15) is 5.26 Å². The van der Waals surface area contributed by atoms with Crippen molar-refractivity contribution in [2.24, 2.45) is 0 Å². The number of pyridine rings is 1. The van der Waals surface area contributed by atoms with E-state index in [1.54, 1.807) is 6.07 Å². The summed E-state index contributed by atoms with van der Waals surface area (Å²) in [5.74, 6) is 1.94. The molecule has 0 radical (unpaired) electrons. The lowest BCUT2D eigenvalue weighted by molar-refractivity contribution is 0.484. The highest BCUT2D eigenvalue weighted by atomic mass is 16.5. The number of imidazole rings is 1. The Morgan fingerprint density at radius 2 is 1.64 bits per heavy atom. The predicted octanol–water partition coefficient (Wildman–Crippen LogP) is 10.2. The molecule has 0 bridgehead atoms. The quantitative estimate of drug-likeness (QED) is 0.181. The zero-order chi connectivity index (χ0) is 32.9. The van der Waals surface area contributed by atoms with Crippen LogP contribution in [-0.4, -0.2) is 19.1 Å². The number of benzene rings is 4. The average Bonchev–Trinajstić information content (AvgIpc) is 3.67. The Labute approximate surface area is 273 Å². The van der Waals surface area contributed by atoms with Crippen molar-refractivity contribution < 1.29 is 4.74 Å². The molecule has 0 aliphatic carbocycles. The van der Waals surface area contributed by atoms with Gasteiger partial charge in [0.2, 0.25) is 0 Å². The number of nitriles is 1. The minimum atomic E-state index is -0.0566. The SMILES string of the molecule is [C-]#[N+]c1cc(Oc2ccc3c4cc(C#N)ccc4n(-c4cc(C(C)(C)C)ccn4)c3c2)cc(-c2cn(-c3c(C)cccc3C)cn2)c1. The van der Waals surface area contributed by atoms with Crippen LogP contribution in [0.5, 0.6) is 11.5 Å². The first kappa shape index (κ1) is 29.5. The monoisotopic (exact) mass is 612 g/mol. The number of nitrogens with zero attached hydrogens (tertiary/aromatic N) is 6. The van der Waals surface area contributed by atoms with E-state index < -0.39 is 0 Å². The summed E-state index contributed by atoms with van der Waals surface area (Å²) in [4.78, 5) is 13.2. The second-order valence-corrected chi connectivity index (χ2v) is 12.8. The minimum absolute atomic E-state index is 0.0566. The summed E-state index contributed by atoms with van der Waals surface area (Å²) in [6.45, 7) is 18.5. The number of para-hydroxylation sites is 1. The molecule has 47 heavy (non-hydrogen) atoms. The molecule has 7 nitrogen and oxygen atoms in total. The summed E-state index contributed by atoms with van der Waals surface area (Å²) in [6.07, 6.45) is 5.64. The van der Waals surface area contributed by atoms with Gasteiger partial charge in [-0.25, -0.2) is 14.8 Å². The third-order valence-electron chi connectivity index (χ3n) is 8.54. The smallest absolute Gasteiger partial charge is 0.191 e. The number of ether oxygens (including phenoxy) is 1. The van der Waals surface area contributed by atoms with E-state index in [1.807, 2.05) is 77.9 Å². The molecule has 4 aromatic carbocycles. The van der Waals surface area contributed by atoms with E-state index in [-0.39, 0.29) is 5.41 Å². The number of hydrogen-bond acceptors (Lipinski definition) is 4. The van der Waals surface area contributed by atoms with Gasteiger partial charge in [0.15, 0.2) is 5.69 Å². The highest BCUT2D eigenvalue weighted by Crippen LogP contribution is 2.38. The average molecular weight is 613 g/mol. The standard InChI is InChI=1S/C40H32N6O/c1-25-8-7-9-26(2)39(25)45-23-35(44-24-45)28-17-30(42-6)20-32(18-28)47-31-11-12-33-34-16-27(22-41)10-13-36(34)46(37(33)21-31)38-19-29(14-15-43-38)40(3,4)5/h7-21,23-24H,1-5H3. The molecule has 0 N–H and O–H groups in total. The van der Waals surface area contributed by atoms with Gasteiger partial charge >= 0.3 is 0 Å². The molecule has 3 heterocycles. The van der Waals surface area contributed by atoms with Crippen LogP contribution < -0.4 is 4.74 Å². The predicted molar refractivity (Wildman–Crippen MR) is 187 cm³/mol. The Bertz CT molecular complexity index is 2410. The Morgan fingerprint density at radius 1 is 0.830 bits per heavy atom. The molecule has 0 unspecified atom stereocenters. The van der Waals surface area contributed by atoms with Crippen molar-refractivity contribution in [1.29, 1.82) is 5.26 Å². The van der Waals surface area contributed by atoms with E-state index in [2.05, 4.69) is 79.3 Å². The first-order valence-corrected chi connectivity index (χ1v) is 15.4. The molecular weight excluding hydrogens is 580 g/mol. The van der Waals surface area contributed by atoms with Crippen LogP contribution in [0.25, 0.3) is 49.4 Å². The molecule has 0 saturated carbocycles. The molecule has 0 fully saturated rings. The maximum absolute atomic E-state index is 9.64. The molecule has 0 aliphatic heterocycles. The minimum Gasteiger partial charge on any atom is -0.459 e. The van der Waals surface area contributed by atoms with E-state index in [1.165, 1.54) is 5.56 Å². The molecule has 228 valence electrons. The lowest BCUT2D eigenvalue weighted by Gasteiger charge is -2.20. The molecule has 0 saturated heterocycles. The number of fused-ring (bicyclic) bond motifs is 3. The van der Waals surface area contributed by atoms with Gasteiger partial charge < -0.3 is 9.30 Å². The molecule has 7 aromatic rings. The van der Waals surface area contributed by atoms with E-state index in [4.69, 9.17) is 16.3 Å².